The van der Waals surface area contributed by atoms with Crippen molar-refractivity contribution in [3.63, 3.8) is 0 Å². The van der Waals surface area contributed by atoms with Gasteiger partial charge in [0.1, 0.15) is 5.75 Å². The van der Waals surface area contributed by atoms with Gasteiger partial charge in [0.15, 0.2) is 0 Å². The number of fused-ring (bicyclic) bond motifs is 1. The summed E-state index contributed by atoms with van der Waals surface area (Å²) in [5, 5.41) is 6.39. The highest BCUT2D eigenvalue weighted by Crippen LogP contribution is 2.37. The van der Waals surface area contributed by atoms with Crippen LogP contribution in [-0.4, -0.2) is 19.6 Å². The van der Waals surface area contributed by atoms with Crippen molar-refractivity contribution < 1.29 is 9.53 Å². The van der Waals surface area contributed by atoms with Crippen molar-refractivity contribution in [3.05, 3.63) is 23.3 Å². The Balaban J connectivity index is 1.96. The van der Waals surface area contributed by atoms with Gasteiger partial charge in [0.2, 0.25) is 5.91 Å². The van der Waals surface area contributed by atoms with Crippen molar-refractivity contribution in [2.24, 2.45) is 0 Å². The maximum absolute atomic E-state index is 11.5. The Kier molecular flexibility index (Phi) is 2.96. The molecule has 3 rings (SSSR count). The fraction of sp³-hybridized carbons (Fsp3) is 0.500. The number of carbonyl (C=O) groups is 1. The lowest BCUT2D eigenvalue weighted by atomic mass is 9.95. The summed E-state index contributed by atoms with van der Waals surface area (Å²) in [7, 11) is 1.65. The smallest absolute Gasteiger partial charge is 0.228 e. The van der Waals surface area contributed by atoms with Crippen LogP contribution in [0.4, 0.5) is 5.69 Å². The maximum atomic E-state index is 11.5. The zero-order valence-corrected chi connectivity index (χ0v) is 10.6. The SMILES string of the molecule is COc1cc(C2CCCCN2)cc2c1NC(=O)C2. The minimum atomic E-state index is 0.0528. The molecule has 0 saturated carbocycles. The van der Waals surface area contributed by atoms with Gasteiger partial charge in [0.25, 0.3) is 0 Å². The van der Waals surface area contributed by atoms with Crippen LogP contribution in [0.3, 0.4) is 0 Å². The number of anilines is 1. The molecule has 0 aliphatic carbocycles. The van der Waals surface area contributed by atoms with E-state index in [0.29, 0.717) is 12.5 Å². The summed E-state index contributed by atoms with van der Waals surface area (Å²) in [6, 6.07) is 4.58. The minimum absolute atomic E-state index is 0.0528. The van der Waals surface area contributed by atoms with E-state index in [-0.39, 0.29) is 5.91 Å². The summed E-state index contributed by atoms with van der Waals surface area (Å²) in [6.07, 6.45) is 4.13. The van der Waals surface area contributed by atoms with E-state index >= 15 is 0 Å². The second kappa shape index (κ2) is 4.61. The van der Waals surface area contributed by atoms with Crippen molar-refractivity contribution in [2.75, 3.05) is 19.0 Å². The first-order valence-electron chi connectivity index (χ1n) is 6.52. The van der Waals surface area contributed by atoms with E-state index in [2.05, 4.69) is 16.7 Å². The highest BCUT2D eigenvalue weighted by Gasteiger charge is 2.24. The number of ether oxygens (including phenoxy) is 1. The van der Waals surface area contributed by atoms with E-state index in [9.17, 15) is 4.79 Å². The molecule has 1 amide bonds. The highest BCUT2D eigenvalue weighted by molar-refractivity contribution is 6.01. The molecule has 1 aromatic rings. The standard InChI is InChI=1S/C14H18N2O2/c1-18-12-7-9(11-4-2-3-5-15-11)6-10-8-13(17)16-14(10)12/h6-7,11,15H,2-5,8H2,1H3,(H,16,17). The van der Waals surface area contributed by atoms with Crippen molar-refractivity contribution in [1.82, 2.24) is 5.32 Å². The Labute approximate surface area is 107 Å². The van der Waals surface area contributed by atoms with Crippen LogP contribution >= 0.6 is 0 Å². The van der Waals surface area contributed by atoms with Crippen LogP contribution in [0.25, 0.3) is 0 Å². The number of piperidine rings is 1. The Morgan fingerprint density at radius 2 is 2.22 bits per heavy atom. The zero-order chi connectivity index (χ0) is 12.5. The fourth-order valence-corrected chi connectivity index (χ4v) is 2.83. The lowest BCUT2D eigenvalue weighted by Gasteiger charge is -2.24. The van der Waals surface area contributed by atoms with Crippen LogP contribution in [0.15, 0.2) is 12.1 Å². The normalized spacial score (nSPS) is 22.5. The lowest BCUT2D eigenvalue weighted by Crippen LogP contribution is -2.26. The van der Waals surface area contributed by atoms with Crippen LogP contribution in [0, 0.1) is 0 Å². The number of hydrogen-bond acceptors (Lipinski definition) is 3. The van der Waals surface area contributed by atoms with Crippen LogP contribution < -0.4 is 15.4 Å². The molecule has 2 N–H and O–H groups in total. The number of carbonyl (C=O) groups excluding carboxylic acids is 1. The average Bonchev–Trinajstić information content (AvgIpc) is 2.78. The van der Waals surface area contributed by atoms with Gasteiger partial charge in [-0.3, -0.25) is 4.79 Å². The van der Waals surface area contributed by atoms with Crippen LogP contribution in [0.5, 0.6) is 5.75 Å². The molecule has 18 heavy (non-hydrogen) atoms. The molecule has 1 aromatic carbocycles. The molecule has 4 heteroatoms. The summed E-state index contributed by atoms with van der Waals surface area (Å²) in [4.78, 5) is 11.5. The van der Waals surface area contributed by atoms with Gasteiger partial charge in [-0.2, -0.15) is 0 Å². The first-order chi connectivity index (χ1) is 8.78. The Hall–Kier alpha value is -1.55. The number of rotatable bonds is 2. The van der Waals surface area contributed by atoms with Gasteiger partial charge in [-0.1, -0.05) is 12.5 Å². The first kappa shape index (κ1) is 11.5. The van der Waals surface area contributed by atoms with Gasteiger partial charge in [0.05, 0.1) is 19.2 Å². The van der Waals surface area contributed by atoms with Gasteiger partial charge < -0.3 is 15.4 Å². The largest absolute Gasteiger partial charge is 0.495 e. The van der Waals surface area contributed by atoms with E-state index in [1.54, 1.807) is 7.11 Å². The Morgan fingerprint density at radius 1 is 1.33 bits per heavy atom. The first-order valence-corrected chi connectivity index (χ1v) is 6.52. The second-order valence-corrected chi connectivity index (χ2v) is 4.98. The average molecular weight is 246 g/mol. The number of hydrogen-bond donors (Lipinski definition) is 2. The van der Waals surface area contributed by atoms with Crippen molar-refractivity contribution in [2.45, 2.75) is 31.7 Å². The molecule has 96 valence electrons. The van der Waals surface area contributed by atoms with Gasteiger partial charge >= 0.3 is 0 Å². The number of benzene rings is 1. The Morgan fingerprint density at radius 3 is 2.94 bits per heavy atom. The molecule has 1 fully saturated rings. The van der Waals surface area contributed by atoms with Crippen molar-refractivity contribution in [1.29, 1.82) is 0 Å². The predicted molar refractivity (Wildman–Crippen MR) is 69.9 cm³/mol. The van der Waals surface area contributed by atoms with Gasteiger partial charge in [-0.15, -0.1) is 0 Å². The third kappa shape index (κ3) is 1.97. The van der Waals surface area contributed by atoms with Crippen molar-refractivity contribution in [3.8, 4) is 5.75 Å². The van der Waals surface area contributed by atoms with E-state index in [1.807, 2.05) is 6.07 Å². The lowest BCUT2D eigenvalue weighted by molar-refractivity contribution is -0.115. The number of amides is 1. The fourth-order valence-electron chi connectivity index (χ4n) is 2.83. The summed E-state index contributed by atoms with van der Waals surface area (Å²) in [5.74, 6) is 0.831. The maximum Gasteiger partial charge on any atom is 0.228 e. The summed E-state index contributed by atoms with van der Waals surface area (Å²) >= 11 is 0. The number of methoxy groups -OCH3 is 1. The van der Waals surface area contributed by atoms with Gasteiger partial charge in [-0.05, 0) is 36.6 Å². The molecule has 1 atom stereocenters. The molecule has 0 bridgehead atoms. The Bertz CT molecular complexity index is 479. The molecule has 2 aliphatic heterocycles. The summed E-state index contributed by atoms with van der Waals surface area (Å²) in [6.45, 7) is 1.07. The third-order valence-corrected chi connectivity index (χ3v) is 3.75. The van der Waals surface area contributed by atoms with E-state index in [0.717, 1.165) is 30.0 Å². The molecular weight excluding hydrogens is 228 g/mol. The highest BCUT2D eigenvalue weighted by atomic mass is 16.5. The monoisotopic (exact) mass is 246 g/mol. The van der Waals surface area contributed by atoms with E-state index in [1.165, 1.54) is 18.4 Å². The molecule has 0 radical (unpaired) electrons. The predicted octanol–water partition coefficient (Wildman–Crippen LogP) is 2.00. The quantitative estimate of drug-likeness (QED) is 0.839. The van der Waals surface area contributed by atoms with Crippen LogP contribution in [0.1, 0.15) is 36.4 Å². The molecule has 4 nitrogen and oxygen atoms in total. The second-order valence-electron chi connectivity index (χ2n) is 4.98. The topological polar surface area (TPSA) is 50.4 Å². The van der Waals surface area contributed by atoms with Crippen LogP contribution in [-0.2, 0) is 11.2 Å². The number of nitrogens with one attached hydrogen (secondary N) is 2. The summed E-state index contributed by atoms with van der Waals surface area (Å²) < 4.78 is 5.39. The van der Waals surface area contributed by atoms with Crippen LogP contribution in [0.2, 0.25) is 0 Å². The van der Waals surface area contributed by atoms with E-state index in [4.69, 9.17) is 4.74 Å². The van der Waals surface area contributed by atoms with Crippen molar-refractivity contribution >= 4 is 11.6 Å². The van der Waals surface area contributed by atoms with Gasteiger partial charge in [0, 0.05) is 6.04 Å². The molecular formula is C14H18N2O2. The zero-order valence-electron chi connectivity index (χ0n) is 10.6. The van der Waals surface area contributed by atoms with E-state index < -0.39 is 0 Å². The molecule has 1 saturated heterocycles. The summed E-state index contributed by atoms with van der Waals surface area (Å²) in [5.41, 5.74) is 3.14. The molecule has 1 unspecified atom stereocenters. The third-order valence-electron chi connectivity index (χ3n) is 3.75. The van der Waals surface area contributed by atoms with Gasteiger partial charge in [-0.25, -0.2) is 0 Å². The minimum Gasteiger partial charge on any atom is -0.495 e. The molecule has 2 aliphatic rings. The molecule has 2 heterocycles. The molecule has 0 aromatic heterocycles. The molecule has 0 spiro atoms.